The second-order valence-electron chi connectivity index (χ2n) is 5.83. The first kappa shape index (κ1) is 16.3. The number of ketones is 1. The van der Waals surface area contributed by atoms with E-state index in [1.165, 1.54) is 6.92 Å². The second kappa shape index (κ2) is 5.83. The highest BCUT2D eigenvalue weighted by molar-refractivity contribution is 7.92. The molecule has 0 saturated heterocycles. The van der Waals surface area contributed by atoms with E-state index in [1.54, 1.807) is 50.5 Å². The Balaban J connectivity index is 2.05. The molecular weight excluding hydrogens is 326 g/mol. The third kappa shape index (κ3) is 2.71. The van der Waals surface area contributed by atoms with Crippen molar-refractivity contribution in [3.05, 3.63) is 42.2 Å². The van der Waals surface area contributed by atoms with Crippen LogP contribution in [0.5, 0.6) is 0 Å². The van der Waals surface area contributed by atoms with E-state index in [4.69, 9.17) is 0 Å². The summed E-state index contributed by atoms with van der Waals surface area (Å²) in [6.07, 6.45) is 3.18. The van der Waals surface area contributed by atoms with E-state index >= 15 is 0 Å². The third-order valence-electron chi connectivity index (χ3n) is 3.86. The van der Waals surface area contributed by atoms with Gasteiger partial charge >= 0.3 is 0 Å². The van der Waals surface area contributed by atoms with Gasteiger partial charge in [0.1, 0.15) is 5.52 Å². The summed E-state index contributed by atoms with van der Waals surface area (Å²) in [5.41, 5.74) is 2.86. The summed E-state index contributed by atoms with van der Waals surface area (Å²) in [7, 11) is -3.31. The Bertz CT molecular complexity index is 1020. The average Bonchev–Trinajstić information content (AvgIpc) is 2.98. The summed E-state index contributed by atoms with van der Waals surface area (Å²) in [5, 5.41) is -0.475. The number of rotatable bonds is 4. The van der Waals surface area contributed by atoms with E-state index in [1.807, 2.05) is 0 Å². The molecule has 7 heteroatoms. The maximum atomic E-state index is 12.2. The lowest BCUT2D eigenvalue weighted by Crippen LogP contribution is -2.13. The molecule has 0 unspecified atom stereocenters. The molecule has 6 nitrogen and oxygen atoms in total. The first-order chi connectivity index (χ1) is 11.3. The summed E-state index contributed by atoms with van der Waals surface area (Å²) in [4.78, 5) is 23.6. The van der Waals surface area contributed by atoms with Crippen LogP contribution in [0.1, 0.15) is 31.1 Å². The van der Waals surface area contributed by atoms with Crippen molar-refractivity contribution in [2.45, 2.75) is 30.9 Å². The number of hydrogen-bond acceptors (Lipinski definition) is 5. The number of aromatic amines is 1. The minimum absolute atomic E-state index is 0.0916. The lowest BCUT2D eigenvalue weighted by molar-refractivity contribution is 0.101. The highest BCUT2D eigenvalue weighted by Gasteiger charge is 2.19. The SMILES string of the molecule is CC(=O)c1c[nH]c2ncc(-c3ccc(S(=O)(=O)C(C)C)cc3)nc12. The monoisotopic (exact) mass is 343 g/mol. The maximum Gasteiger partial charge on any atom is 0.180 e. The molecule has 2 heterocycles. The van der Waals surface area contributed by atoms with Gasteiger partial charge in [-0.15, -0.1) is 0 Å². The minimum Gasteiger partial charge on any atom is -0.344 e. The first-order valence-electron chi connectivity index (χ1n) is 7.50. The van der Waals surface area contributed by atoms with Crippen molar-refractivity contribution in [2.75, 3.05) is 0 Å². The molecule has 1 aromatic carbocycles. The van der Waals surface area contributed by atoms with Crippen molar-refractivity contribution in [3.63, 3.8) is 0 Å². The van der Waals surface area contributed by atoms with Gasteiger partial charge in [-0.3, -0.25) is 4.79 Å². The summed E-state index contributed by atoms with van der Waals surface area (Å²) in [5.74, 6) is -0.0916. The van der Waals surface area contributed by atoms with Crippen molar-refractivity contribution in [1.82, 2.24) is 15.0 Å². The van der Waals surface area contributed by atoms with Gasteiger partial charge in [0.25, 0.3) is 0 Å². The Labute approximate surface area is 139 Å². The summed E-state index contributed by atoms with van der Waals surface area (Å²) in [6, 6.07) is 6.54. The molecule has 2 aromatic heterocycles. The number of Topliss-reactive ketones (excluding diaryl/α,β-unsaturated/α-hetero) is 1. The van der Waals surface area contributed by atoms with Crippen LogP contribution in [0.25, 0.3) is 22.4 Å². The summed E-state index contributed by atoms with van der Waals surface area (Å²) >= 11 is 0. The smallest absolute Gasteiger partial charge is 0.180 e. The number of nitrogens with one attached hydrogen (secondary N) is 1. The van der Waals surface area contributed by atoms with Gasteiger partial charge < -0.3 is 4.98 Å². The Hall–Kier alpha value is -2.54. The van der Waals surface area contributed by atoms with Gasteiger partial charge in [-0.25, -0.2) is 18.4 Å². The molecule has 0 saturated carbocycles. The van der Waals surface area contributed by atoms with Crippen LogP contribution in [0.3, 0.4) is 0 Å². The molecule has 0 radical (unpaired) electrons. The Morgan fingerprint density at radius 3 is 2.42 bits per heavy atom. The zero-order valence-corrected chi connectivity index (χ0v) is 14.4. The Kier molecular flexibility index (Phi) is 3.96. The predicted octanol–water partition coefficient (Wildman–Crippen LogP) is 3.01. The van der Waals surface area contributed by atoms with Crippen LogP contribution >= 0.6 is 0 Å². The number of hydrogen-bond donors (Lipinski definition) is 1. The number of H-pyrrole nitrogens is 1. The molecule has 3 aromatic rings. The molecule has 24 heavy (non-hydrogen) atoms. The van der Waals surface area contributed by atoms with Crippen LogP contribution in [-0.2, 0) is 9.84 Å². The van der Waals surface area contributed by atoms with Crippen LogP contribution in [0, 0.1) is 0 Å². The number of nitrogens with zero attached hydrogens (tertiary/aromatic N) is 2. The molecule has 0 atom stereocenters. The molecule has 0 aliphatic rings. The van der Waals surface area contributed by atoms with Gasteiger partial charge in [0.2, 0.25) is 0 Å². The standard InChI is InChI=1S/C17H17N3O3S/c1-10(2)24(22,23)13-6-4-12(5-7-13)15-9-19-17-16(20-15)14(8-18-17)11(3)21/h4-10H,1-3H3,(H,18,19). The Morgan fingerprint density at radius 1 is 1.17 bits per heavy atom. The number of carbonyl (C=O) groups excluding carboxylic acids is 1. The van der Waals surface area contributed by atoms with Gasteiger partial charge in [0.05, 0.1) is 27.6 Å². The van der Waals surface area contributed by atoms with Crippen molar-refractivity contribution in [3.8, 4) is 11.3 Å². The van der Waals surface area contributed by atoms with Crippen LogP contribution in [0.2, 0.25) is 0 Å². The van der Waals surface area contributed by atoms with Gasteiger partial charge in [0.15, 0.2) is 21.3 Å². The van der Waals surface area contributed by atoms with E-state index in [0.29, 0.717) is 22.4 Å². The third-order valence-corrected chi connectivity index (χ3v) is 6.03. The number of carbonyl (C=O) groups is 1. The van der Waals surface area contributed by atoms with Crippen LogP contribution in [0.15, 0.2) is 41.6 Å². The topological polar surface area (TPSA) is 92.8 Å². The largest absolute Gasteiger partial charge is 0.344 e. The quantitative estimate of drug-likeness (QED) is 0.735. The van der Waals surface area contributed by atoms with E-state index in [9.17, 15) is 13.2 Å². The number of fused-ring (bicyclic) bond motifs is 1. The molecule has 124 valence electrons. The molecule has 0 aliphatic carbocycles. The highest BCUT2D eigenvalue weighted by Crippen LogP contribution is 2.24. The van der Waals surface area contributed by atoms with E-state index < -0.39 is 15.1 Å². The zero-order chi connectivity index (χ0) is 17.5. The average molecular weight is 343 g/mol. The molecule has 0 fully saturated rings. The summed E-state index contributed by atoms with van der Waals surface area (Å²) in [6.45, 7) is 4.78. The molecular formula is C17H17N3O3S. The van der Waals surface area contributed by atoms with E-state index in [-0.39, 0.29) is 10.7 Å². The fraction of sp³-hybridized carbons (Fsp3) is 0.235. The van der Waals surface area contributed by atoms with Gasteiger partial charge in [0, 0.05) is 11.8 Å². The molecule has 0 amide bonds. The highest BCUT2D eigenvalue weighted by atomic mass is 32.2. The molecule has 0 bridgehead atoms. The molecule has 0 spiro atoms. The van der Waals surface area contributed by atoms with Crippen molar-refractivity contribution >= 4 is 26.8 Å². The maximum absolute atomic E-state index is 12.2. The number of aromatic nitrogens is 3. The van der Waals surface area contributed by atoms with Crippen molar-refractivity contribution in [2.24, 2.45) is 0 Å². The van der Waals surface area contributed by atoms with Crippen LogP contribution in [-0.4, -0.2) is 34.4 Å². The summed E-state index contributed by atoms with van der Waals surface area (Å²) < 4.78 is 24.3. The van der Waals surface area contributed by atoms with E-state index in [0.717, 1.165) is 5.56 Å². The molecule has 0 aliphatic heterocycles. The number of benzene rings is 1. The van der Waals surface area contributed by atoms with Crippen molar-refractivity contribution < 1.29 is 13.2 Å². The van der Waals surface area contributed by atoms with Crippen molar-refractivity contribution in [1.29, 1.82) is 0 Å². The second-order valence-corrected chi connectivity index (χ2v) is 8.33. The molecule has 1 N–H and O–H groups in total. The van der Waals surface area contributed by atoms with Gasteiger partial charge in [-0.05, 0) is 32.9 Å². The lowest BCUT2D eigenvalue weighted by Gasteiger charge is -2.08. The minimum atomic E-state index is -3.31. The lowest BCUT2D eigenvalue weighted by atomic mass is 10.1. The van der Waals surface area contributed by atoms with E-state index in [2.05, 4.69) is 15.0 Å². The van der Waals surface area contributed by atoms with Gasteiger partial charge in [-0.2, -0.15) is 0 Å². The predicted molar refractivity (Wildman–Crippen MR) is 91.7 cm³/mol. The number of sulfone groups is 1. The normalized spacial score (nSPS) is 12.0. The fourth-order valence-corrected chi connectivity index (χ4v) is 3.45. The van der Waals surface area contributed by atoms with Crippen LogP contribution < -0.4 is 0 Å². The van der Waals surface area contributed by atoms with Gasteiger partial charge in [-0.1, -0.05) is 12.1 Å². The Morgan fingerprint density at radius 2 is 1.83 bits per heavy atom. The fourth-order valence-electron chi connectivity index (χ4n) is 2.39. The zero-order valence-electron chi connectivity index (χ0n) is 13.6. The first-order valence-corrected chi connectivity index (χ1v) is 9.04. The van der Waals surface area contributed by atoms with Crippen LogP contribution in [0.4, 0.5) is 0 Å². The molecule has 3 rings (SSSR count).